The first-order valence-corrected chi connectivity index (χ1v) is 6.48. The van der Waals surface area contributed by atoms with Crippen molar-refractivity contribution in [3.8, 4) is 17.6 Å². The Morgan fingerprint density at radius 2 is 1.74 bits per heavy atom. The van der Waals surface area contributed by atoms with Crippen LogP contribution in [0.4, 0.5) is 0 Å². The number of hydrogen-bond acceptors (Lipinski definition) is 4. The molecule has 0 N–H and O–H groups in total. The molecular weight excluding hydrogens is 258 g/mol. The molecule has 0 radical (unpaired) electrons. The van der Waals surface area contributed by atoms with Gasteiger partial charge in [0.2, 0.25) is 0 Å². The maximum atomic E-state index is 8.78. The lowest BCUT2D eigenvalue weighted by molar-refractivity contribution is 0.394. The average molecular weight is 271 g/mol. The van der Waals surface area contributed by atoms with Gasteiger partial charge in [-0.05, 0) is 42.5 Å². The van der Waals surface area contributed by atoms with Gasteiger partial charge in [0.05, 0.1) is 30.7 Å². The van der Waals surface area contributed by atoms with Crippen LogP contribution >= 0.6 is 11.8 Å². The Balaban J connectivity index is 2.28. The summed E-state index contributed by atoms with van der Waals surface area (Å²) in [5.74, 6) is 1.59. The Hall–Kier alpha value is -2.12. The van der Waals surface area contributed by atoms with Crippen LogP contribution in [0.1, 0.15) is 5.56 Å². The Labute approximate surface area is 116 Å². The summed E-state index contributed by atoms with van der Waals surface area (Å²) in [5.41, 5.74) is 0.655. The van der Waals surface area contributed by atoms with E-state index < -0.39 is 0 Å². The number of ether oxygens (including phenoxy) is 2. The zero-order valence-electron chi connectivity index (χ0n) is 10.7. The number of methoxy groups -OCH3 is 2. The topological polar surface area (TPSA) is 42.2 Å². The fourth-order valence-electron chi connectivity index (χ4n) is 1.59. The van der Waals surface area contributed by atoms with Crippen LogP contribution < -0.4 is 9.47 Å². The Morgan fingerprint density at radius 1 is 1.00 bits per heavy atom. The van der Waals surface area contributed by atoms with Gasteiger partial charge in [0.1, 0.15) is 11.5 Å². The second-order valence-electron chi connectivity index (χ2n) is 3.76. The van der Waals surface area contributed by atoms with E-state index in [4.69, 9.17) is 14.7 Å². The van der Waals surface area contributed by atoms with Crippen molar-refractivity contribution in [3.63, 3.8) is 0 Å². The molecule has 0 unspecified atom stereocenters. The first kappa shape index (κ1) is 13.3. The van der Waals surface area contributed by atoms with Gasteiger partial charge in [0, 0.05) is 4.90 Å². The predicted octanol–water partition coefficient (Wildman–Crippen LogP) is 3.73. The van der Waals surface area contributed by atoms with Gasteiger partial charge in [-0.15, -0.1) is 0 Å². The molecule has 2 aromatic rings. The third-order valence-electron chi connectivity index (χ3n) is 2.58. The lowest BCUT2D eigenvalue weighted by atomic mass is 10.2. The molecule has 0 saturated carbocycles. The molecule has 0 aromatic heterocycles. The fourth-order valence-corrected chi connectivity index (χ4v) is 2.54. The van der Waals surface area contributed by atoms with Crippen molar-refractivity contribution >= 4 is 11.8 Å². The fraction of sp³-hybridized carbons (Fsp3) is 0.133. The molecule has 4 heteroatoms. The van der Waals surface area contributed by atoms with E-state index in [9.17, 15) is 0 Å². The highest BCUT2D eigenvalue weighted by molar-refractivity contribution is 7.99. The molecule has 0 aliphatic rings. The van der Waals surface area contributed by atoms with Crippen molar-refractivity contribution in [2.24, 2.45) is 0 Å². The van der Waals surface area contributed by atoms with Crippen LogP contribution in [0.5, 0.6) is 11.5 Å². The molecule has 2 rings (SSSR count). The molecule has 3 nitrogen and oxygen atoms in total. The number of hydrogen-bond donors (Lipinski definition) is 0. The summed E-state index contributed by atoms with van der Waals surface area (Å²) in [6.07, 6.45) is 0. The van der Waals surface area contributed by atoms with Crippen LogP contribution in [-0.2, 0) is 0 Å². The molecule has 0 saturated heterocycles. The molecule has 2 aromatic carbocycles. The van der Waals surface area contributed by atoms with E-state index in [1.165, 1.54) is 0 Å². The molecule has 0 aliphatic carbocycles. The zero-order valence-corrected chi connectivity index (χ0v) is 11.5. The van der Waals surface area contributed by atoms with E-state index in [-0.39, 0.29) is 0 Å². The van der Waals surface area contributed by atoms with Gasteiger partial charge in [-0.1, -0.05) is 11.8 Å². The van der Waals surface area contributed by atoms with Gasteiger partial charge in [0.15, 0.2) is 0 Å². The van der Waals surface area contributed by atoms with Crippen LogP contribution in [0.25, 0.3) is 0 Å². The van der Waals surface area contributed by atoms with Gasteiger partial charge in [-0.2, -0.15) is 5.26 Å². The standard InChI is InChI=1S/C15H13NO2S/c1-17-12-5-8-14(18-2)15(9-12)19-13-6-3-11(10-16)4-7-13/h3-9H,1-2H3. The van der Waals surface area contributed by atoms with Crippen molar-refractivity contribution in [1.82, 2.24) is 0 Å². The highest BCUT2D eigenvalue weighted by Crippen LogP contribution is 2.37. The van der Waals surface area contributed by atoms with Crippen molar-refractivity contribution in [3.05, 3.63) is 48.0 Å². The van der Waals surface area contributed by atoms with E-state index in [0.29, 0.717) is 5.56 Å². The third-order valence-corrected chi connectivity index (χ3v) is 3.63. The summed E-state index contributed by atoms with van der Waals surface area (Å²) in [5, 5.41) is 8.78. The van der Waals surface area contributed by atoms with E-state index in [0.717, 1.165) is 21.3 Å². The molecule has 0 aliphatic heterocycles. The molecule has 0 atom stereocenters. The average Bonchev–Trinajstić information content (AvgIpc) is 2.48. The van der Waals surface area contributed by atoms with Crippen LogP contribution in [-0.4, -0.2) is 14.2 Å². The lowest BCUT2D eigenvalue weighted by Gasteiger charge is -2.10. The van der Waals surface area contributed by atoms with Crippen LogP contribution in [0.2, 0.25) is 0 Å². The molecule has 0 amide bonds. The quantitative estimate of drug-likeness (QED) is 0.849. The van der Waals surface area contributed by atoms with Gasteiger partial charge < -0.3 is 9.47 Å². The van der Waals surface area contributed by atoms with Gasteiger partial charge in [-0.3, -0.25) is 0 Å². The summed E-state index contributed by atoms with van der Waals surface area (Å²) >= 11 is 1.57. The highest BCUT2D eigenvalue weighted by Gasteiger charge is 2.07. The Morgan fingerprint density at radius 3 is 2.32 bits per heavy atom. The Bertz CT molecular complexity index is 603. The number of nitriles is 1. The second kappa shape index (κ2) is 6.17. The van der Waals surface area contributed by atoms with E-state index >= 15 is 0 Å². The van der Waals surface area contributed by atoms with Crippen LogP contribution in [0.15, 0.2) is 52.3 Å². The highest BCUT2D eigenvalue weighted by atomic mass is 32.2. The monoisotopic (exact) mass is 271 g/mol. The van der Waals surface area contributed by atoms with Gasteiger partial charge >= 0.3 is 0 Å². The normalized spacial score (nSPS) is 9.74. The molecule has 0 heterocycles. The summed E-state index contributed by atoms with van der Waals surface area (Å²) in [6.45, 7) is 0. The minimum absolute atomic E-state index is 0.655. The predicted molar refractivity (Wildman–Crippen MR) is 74.8 cm³/mol. The minimum Gasteiger partial charge on any atom is -0.497 e. The molecule has 0 spiro atoms. The third kappa shape index (κ3) is 3.21. The molecule has 19 heavy (non-hydrogen) atoms. The minimum atomic E-state index is 0.655. The van der Waals surface area contributed by atoms with Crippen molar-refractivity contribution in [1.29, 1.82) is 5.26 Å². The molecule has 96 valence electrons. The number of rotatable bonds is 4. The van der Waals surface area contributed by atoms with Gasteiger partial charge in [0.25, 0.3) is 0 Å². The lowest BCUT2D eigenvalue weighted by Crippen LogP contribution is -1.88. The maximum absolute atomic E-state index is 8.78. The largest absolute Gasteiger partial charge is 0.497 e. The maximum Gasteiger partial charge on any atom is 0.133 e. The number of benzene rings is 2. The van der Waals surface area contributed by atoms with E-state index in [2.05, 4.69) is 6.07 Å². The van der Waals surface area contributed by atoms with E-state index in [1.54, 1.807) is 38.1 Å². The Kier molecular flexibility index (Phi) is 4.32. The SMILES string of the molecule is COc1ccc(OC)c(Sc2ccc(C#N)cc2)c1. The summed E-state index contributed by atoms with van der Waals surface area (Å²) < 4.78 is 10.5. The smallest absolute Gasteiger partial charge is 0.133 e. The van der Waals surface area contributed by atoms with Crippen molar-refractivity contribution in [2.45, 2.75) is 9.79 Å². The van der Waals surface area contributed by atoms with Crippen LogP contribution in [0.3, 0.4) is 0 Å². The summed E-state index contributed by atoms with van der Waals surface area (Å²) in [6, 6.07) is 15.2. The zero-order chi connectivity index (χ0) is 13.7. The van der Waals surface area contributed by atoms with Crippen molar-refractivity contribution < 1.29 is 9.47 Å². The molecule has 0 fully saturated rings. The molecule has 0 bridgehead atoms. The molecular formula is C15H13NO2S. The first-order valence-electron chi connectivity index (χ1n) is 5.67. The summed E-state index contributed by atoms with van der Waals surface area (Å²) in [7, 11) is 3.28. The summed E-state index contributed by atoms with van der Waals surface area (Å²) in [4.78, 5) is 2.03. The van der Waals surface area contributed by atoms with Crippen LogP contribution in [0, 0.1) is 11.3 Å². The first-order chi connectivity index (χ1) is 9.26. The van der Waals surface area contributed by atoms with Gasteiger partial charge in [-0.25, -0.2) is 0 Å². The van der Waals surface area contributed by atoms with E-state index in [1.807, 2.05) is 30.3 Å². The van der Waals surface area contributed by atoms with Crippen molar-refractivity contribution in [2.75, 3.05) is 14.2 Å². The second-order valence-corrected chi connectivity index (χ2v) is 4.87. The number of nitrogens with zero attached hydrogens (tertiary/aromatic N) is 1.